The fraction of sp³-hybridized carbons (Fsp3) is 0.818. The molecule has 3 aliphatic heterocycles. The van der Waals surface area contributed by atoms with Gasteiger partial charge >= 0.3 is 0 Å². The smallest absolute Gasteiger partial charge is 0.274 e. The Hall–Kier alpha value is -1.44. The zero-order chi connectivity index (χ0) is 19.8. The minimum atomic E-state index is 0.0747. The molecule has 1 saturated carbocycles. The molecule has 5 rings (SSSR count). The van der Waals surface area contributed by atoms with E-state index < -0.39 is 0 Å². The third kappa shape index (κ3) is 3.73. The van der Waals surface area contributed by atoms with Crippen LogP contribution in [-0.2, 0) is 16.0 Å². The number of likely N-dealkylation sites (tertiary alicyclic amines) is 2. The van der Waals surface area contributed by atoms with Gasteiger partial charge in [0.05, 0.1) is 11.6 Å². The van der Waals surface area contributed by atoms with Gasteiger partial charge < -0.3 is 14.4 Å². The SMILES string of the molecule is CCn1ccc(C(=O)N2CCC(N3CC(OCC4CC4)C34CCOCC4)CC2)n1. The predicted octanol–water partition coefficient (Wildman–Crippen LogP) is 2.17. The Labute approximate surface area is 173 Å². The lowest BCUT2D eigenvalue weighted by molar-refractivity contribution is -0.217. The number of hydrogen-bond donors (Lipinski definition) is 0. The Balaban J connectivity index is 1.19. The summed E-state index contributed by atoms with van der Waals surface area (Å²) in [7, 11) is 0. The third-order valence-corrected chi connectivity index (χ3v) is 7.50. The monoisotopic (exact) mass is 402 g/mol. The minimum absolute atomic E-state index is 0.0747. The number of aromatic nitrogens is 2. The number of piperidine rings is 1. The number of rotatable bonds is 6. The molecule has 1 spiro atoms. The van der Waals surface area contributed by atoms with Crippen LogP contribution in [0.5, 0.6) is 0 Å². The molecular formula is C22H34N4O3. The van der Waals surface area contributed by atoms with Gasteiger partial charge in [0.1, 0.15) is 5.69 Å². The molecule has 1 amide bonds. The van der Waals surface area contributed by atoms with Gasteiger partial charge in [0, 0.05) is 58.2 Å². The molecule has 4 heterocycles. The van der Waals surface area contributed by atoms with Crippen LogP contribution >= 0.6 is 0 Å². The van der Waals surface area contributed by atoms with Crippen LogP contribution in [0.1, 0.15) is 55.9 Å². The van der Waals surface area contributed by atoms with Crippen molar-refractivity contribution in [3.63, 3.8) is 0 Å². The molecule has 1 aliphatic carbocycles. The fourth-order valence-corrected chi connectivity index (χ4v) is 5.39. The summed E-state index contributed by atoms with van der Waals surface area (Å²) >= 11 is 0. The van der Waals surface area contributed by atoms with E-state index in [4.69, 9.17) is 9.47 Å². The average Bonchev–Trinajstić information content (AvgIpc) is 3.47. The van der Waals surface area contributed by atoms with Gasteiger partial charge in [0.2, 0.25) is 0 Å². The summed E-state index contributed by atoms with van der Waals surface area (Å²) in [6.07, 6.45) is 9.17. The van der Waals surface area contributed by atoms with Gasteiger partial charge in [-0.3, -0.25) is 14.4 Å². The van der Waals surface area contributed by atoms with Crippen LogP contribution in [0.3, 0.4) is 0 Å². The first-order chi connectivity index (χ1) is 14.2. The molecule has 0 bridgehead atoms. The van der Waals surface area contributed by atoms with Crippen LogP contribution in [0, 0.1) is 5.92 Å². The average molecular weight is 403 g/mol. The van der Waals surface area contributed by atoms with E-state index in [2.05, 4.69) is 10.00 Å². The van der Waals surface area contributed by atoms with E-state index in [0.29, 0.717) is 17.8 Å². The molecule has 0 N–H and O–H groups in total. The molecule has 1 unspecified atom stereocenters. The summed E-state index contributed by atoms with van der Waals surface area (Å²) in [6, 6.07) is 2.39. The van der Waals surface area contributed by atoms with Crippen LogP contribution in [0.4, 0.5) is 0 Å². The Kier molecular flexibility index (Phi) is 5.39. The van der Waals surface area contributed by atoms with Gasteiger partial charge in [-0.2, -0.15) is 5.10 Å². The van der Waals surface area contributed by atoms with Gasteiger partial charge in [-0.25, -0.2) is 0 Å². The minimum Gasteiger partial charge on any atom is -0.381 e. The maximum Gasteiger partial charge on any atom is 0.274 e. The van der Waals surface area contributed by atoms with Crippen molar-refractivity contribution >= 4 is 5.91 Å². The highest BCUT2D eigenvalue weighted by atomic mass is 16.5. The normalized spacial score (nSPS) is 27.9. The van der Waals surface area contributed by atoms with Crippen molar-refractivity contribution in [1.82, 2.24) is 19.6 Å². The first-order valence-electron chi connectivity index (χ1n) is 11.5. The van der Waals surface area contributed by atoms with E-state index in [0.717, 1.165) is 77.6 Å². The lowest BCUT2D eigenvalue weighted by Crippen LogP contribution is -2.76. The third-order valence-electron chi connectivity index (χ3n) is 7.50. The summed E-state index contributed by atoms with van der Waals surface area (Å²) in [5.41, 5.74) is 0.743. The number of aryl methyl sites for hydroxylation is 1. The number of carbonyl (C=O) groups excluding carboxylic acids is 1. The van der Waals surface area contributed by atoms with Crippen molar-refractivity contribution in [3.05, 3.63) is 18.0 Å². The summed E-state index contributed by atoms with van der Waals surface area (Å²) in [4.78, 5) is 17.5. The van der Waals surface area contributed by atoms with Gasteiger partial charge in [-0.15, -0.1) is 0 Å². The van der Waals surface area contributed by atoms with Crippen LogP contribution in [0.15, 0.2) is 12.3 Å². The second-order valence-electron chi connectivity index (χ2n) is 9.21. The maximum atomic E-state index is 12.8. The molecule has 29 heavy (non-hydrogen) atoms. The Morgan fingerprint density at radius 3 is 2.66 bits per heavy atom. The number of hydrogen-bond acceptors (Lipinski definition) is 5. The molecule has 160 valence electrons. The van der Waals surface area contributed by atoms with Gasteiger partial charge in [0.15, 0.2) is 0 Å². The van der Waals surface area contributed by atoms with Gasteiger partial charge in [0.25, 0.3) is 5.91 Å². The quantitative estimate of drug-likeness (QED) is 0.730. The van der Waals surface area contributed by atoms with E-state index in [9.17, 15) is 4.79 Å². The molecule has 7 heteroatoms. The Bertz CT molecular complexity index is 717. The van der Waals surface area contributed by atoms with Gasteiger partial charge in [-0.05, 0) is 57.4 Å². The van der Waals surface area contributed by atoms with Crippen molar-refractivity contribution in [2.75, 3.05) is 39.5 Å². The first-order valence-corrected chi connectivity index (χ1v) is 11.5. The highest BCUT2D eigenvalue weighted by Crippen LogP contribution is 2.45. The lowest BCUT2D eigenvalue weighted by atomic mass is 9.73. The van der Waals surface area contributed by atoms with E-state index in [1.165, 1.54) is 12.8 Å². The van der Waals surface area contributed by atoms with Crippen LogP contribution in [0.2, 0.25) is 0 Å². The standard InChI is InChI=1S/C22H34N4O3/c1-2-25-12-7-19(23-25)21(27)24-10-5-18(6-11-24)26-15-20(29-16-17-3-4-17)22(26)8-13-28-14-9-22/h7,12,17-18,20H,2-6,8-11,13-16H2,1H3. The topological polar surface area (TPSA) is 59.8 Å². The van der Waals surface area contributed by atoms with Gasteiger partial charge in [-0.1, -0.05) is 0 Å². The zero-order valence-corrected chi connectivity index (χ0v) is 17.6. The number of carbonyl (C=O) groups is 1. The number of nitrogens with zero attached hydrogens (tertiary/aromatic N) is 4. The first kappa shape index (κ1) is 19.5. The molecule has 1 atom stereocenters. The molecule has 1 aromatic rings. The summed E-state index contributed by atoms with van der Waals surface area (Å²) < 4.78 is 13.9. The molecule has 0 radical (unpaired) electrons. The number of amides is 1. The largest absolute Gasteiger partial charge is 0.381 e. The summed E-state index contributed by atoms with van der Waals surface area (Å²) in [5.74, 6) is 0.886. The van der Waals surface area contributed by atoms with Crippen molar-refractivity contribution in [2.24, 2.45) is 5.92 Å². The summed E-state index contributed by atoms with van der Waals surface area (Å²) in [5, 5.41) is 4.39. The zero-order valence-electron chi connectivity index (χ0n) is 17.6. The molecule has 0 aromatic carbocycles. The van der Waals surface area contributed by atoms with Crippen molar-refractivity contribution in [1.29, 1.82) is 0 Å². The maximum absolute atomic E-state index is 12.8. The van der Waals surface area contributed by atoms with Crippen molar-refractivity contribution < 1.29 is 14.3 Å². The molecule has 4 fully saturated rings. The van der Waals surface area contributed by atoms with Crippen LogP contribution in [-0.4, -0.2) is 82.6 Å². The lowest BCUT2D eigenvalue weighted by Gasteiger charge is -2.63. The highest BCUT2D eigenvalue weighted by molar-refractivity contribution is 5.92. The van der Waals surface area contributed by atoms with Crippen molar-refractivity contribution in [3.8, 4) is 0 Å². The number of ether oxygens (including phenoxy) is 2. The second-order valence-corrected chi connectivity index (χ2v) is 9.21. The van der Waals surface area contributed by atoms with Crippen molar-refractivity contribution in [2.45, 2.75) is 69.7 Å². The fourth-order valence-electron chi connectivity index (χ4n) is 5.39. The molecular weight excluding hydrogens is 368 g/mol. The van der Waals surface area contributed by atoms with E-state index >= 15 is 0 Å². The molecule has 3 saturated heterocycles. The molecule has 7 nitrogen and oxygen atoms in total. The van der Waals surface area contributed by atoms with E-state index in [1.54, 1.807) is 0 Å². The van der Waals surface area contributed by atoms with E-state index in [1.807, 2.05) is 28.8 Å². The van der Waals surface area contributed by atoms with E-state index in [-0.39, 0.29) is 11.4 Å². The molecule has 4 aliphatic rings. The molecule has 1 aromatic heterocycles. The van der Waals surface area contributed by atoms with Crippen LogP contribution < -0.4 is 0 Å². The Morgan fingerprint density at radius 1 is 1.24 bits per heavy atom. The highest BCUT2D eigenvalue weighted by Gasteiger charge is 2.57. The predicted molar refractivity (Wildman–Crippen MR) is 109 cm³/mol. The summed E-state index contributed by atoms with van der Waals surface area (Å²) in [6.45, 7) is 8.14. The second kappa shape index (κ2) is 8.00. The Morgan fingerprint density at radius 2 is 2.00 bits per heavy atom. The van der Waals surface area contributed by atoms with Crippen LogP contribution in [0.25, 0.3) is 0 Å².